The Morgan fingerprint density at radius 3 is 2.53 bits per heavy atom. The number of nitrogens with one attached hydrogen (secondary N) is 1. The van der Waals surface area contributed by atoms with Gasteiger partial charge in [-0.1, -0.05) is 0 Å². The van der Waals surface area contributed by atoms with Crippen molar-refractivity contribution < 1.29 is 28.2 Å². The Balaban J connectivity index is 1.98. The second-order valence-corrected chi connectivity index (χ2v) is 7.17. The molecule has 3 N–H and O–H groups in total. The third kappa shape index (κ3) is 3.16. The number of aliphatic hydroxyl groups excluding tert-OH is 1. The maximum absolute atomic E-state index is 11.9. The van der Waals surface area contributed by atoms with E-state index in [2.05, 4.69) is 5.32 Å². The molecular weight excluding hydrogens is 276 g/mol. The second-order valence-electron chi connectivity index (χ2n) is 4.95. The van der Waals surface area contributed by atoms with Crippen LogP contribution in [0.3, 0.4) is 0 Å². The molecule has 0 aromatic rings. The molecule has 8 nitrogen and oxygen atoms in total. The molecule has 108 valence electrons. The van der Waals surface area contributed by atoms with Crippen molar-refractivity contribution in [3.05, 3.63) is 0 Å². The average Bonchev–Trinajstić information content (AvgIpc) is 2.82. The highest BCUT2D eigenvalue weighted by Crippen LogP contribution is 2.19. The van der Waals surface area contributed by atoms with Gasteiger partial charge in [0.05, 0.1) is 17.6 Å². The predicted molar refractivity (Wildman–Crippen MR) is 64.3 cm³/mol. The van der Waals surface area contributed by atoms with Gasteiger partial charge in [-0.3, -0.25) is 0 Å². The number of carbonyl (C=O) groups excluding carboxylic acids is 1. The molecule has 2 heterocycles. The highest BCUT2D eigenvalue weighted by atomic mass is 32.2. The first-order chi connectivity index (χ1) is 8.78. The fraction of sp³-hybridized carbons (Fsp3) is 0.800. The van der Waals surface area contributed by atoms with Crippen molar-refractivity contribution >= 4 is 21.8 Å². The van der Waals surface area contributed by atoms with Crippen LogP contribution < -0.4 is 5.32 Å². The minimum absolute atomic E-state index is 0.00822. The summed E-state index contributed by atoms with van der Waals surface area (Å²) in [6.07, 6.45) is -0.535. The molecule has 0 spiro atoms. The number of β-amino-alcohol motifs (C(OH)–C–C–N with tert-alkyl or cyclic N) is 1. The zero-order valence-electron chi connectivity index (χ0n) is 10.2. The van der Waals surface area contributed by atoms with Gasteiger partial charge >= 0.3 is 12.0 Å². The van der Waals surface area contributed by atoms with Crippen molar-refractivity contribution in [2.45, 2.75) is 31.0 Å². The Bertz CT molecular complexity index is 490. The normalized spacial score (nSPS) is 33.3. The molecule has 0 aromatic heterocycles. The van der Waals surface area contributed by atoms with Gasteiger partial charge in [0.1, 0.15) is 6.04 Å². The first-order valence-electron chi connectivity index (χ1n) is 5.97. The summed E-state index contributed by atoms with van der Waals surface area (Å²) >= 11 is 0. The van der Waals surface area contributed by atoms with E-state index in [1.54, 1.807) is 0 Å². The standard InChI is InChI=1S/C10H16N2O6S/c13-7-3-8(9(14)15)12(4-7)10(16)11-6-1-2-19(17,18)5-6/h6-8,13H,1-5H2,(H,11,16)(H,14,15). The smallest absolute Gasteiger partial charge is 0.326 e. The van der Waals surface area contributed by atoms with Gasteiger partial charge < -0.3 is 20.4 Å². The zero-order valence-corrected chi connectivity index (χ0v) is 11.0. The lowest BCUT2D eigenvalue weighted by Gasteiger charge is -2.23. The third-order valence-electron chi connectivity index (χ3n) is 3.38. The molecule has 2 rings (SSSR count). The lowest BCUT2D eigenvalue weighted by Crippen LogP contribution is -2.49. The van der Waals surface area contributed by atoms with Crippen LogP contribution in [-0.2, 0) is 14.6 Å². The van der Waals surface area contributed by atoms with E-state index in [9.17, 15) is 23.1 Å². The van der Waals surface area contributed by atoms with Gasteiger partial charge in [0.15, 0.2) is 9.84 Å². The molecule has 3 unspecified atom stereocenters. The maximum atomic E-state index is 11.9. The molecule has 19 heavy (non-hydrogen) atoms. The van der Waals surface area contributed by atoms with E-state index >= 15 is 0 Å². The SMILES string of the molecule is O=C(O)C1CC(O)CN1C(=O)NC1CCS(=O)(=O)C1. The summed E-state index contributed by atoms with van der Waals surface area (Å²) in [6, 6.07) is -2.18. The second kappa shape index (κ2) is 4.97. The topological polar surface area (TPSA) is 124 Å². The van der Waals surface area contributed by atoms with Crippen LogP contribution in [0.4, 0.5) is 4.79 Å². The van der Waals surface area contributed by atoms with Crippen LogP contribution in [-0.4, -0.2) is 71.8 Å². The molecule has 9 heteroatoms. The number of carbonyl (C=O) groups is 2. The summed E-state index contributed by atoms with van der Waals surface area (Å²) in [4.78, 5) is 23.9. The summed E-state index contributed by atoms with van der Waals surface area (Å²) < 4.78 is 22.5. The van der Waals surface area contributed by atoms with E-state index in [0.717, 1.165) is 4.90 Å². The number of nitrogens with zero attached hydrogens (tertiary/aromatic N) is 1. The van der Waals surface area contributed by atoms with Gasteiger partial charge in [-0.25, -0.2) is 18.0 Å². The van der Waals surface area contributed by atoms with Crippen LogP contribution >= 0.6 is 0 Å². The number of rotatable bonds is 2. The summed E-state index contributed by atoms with van der Waals surface area (Å²) in [7, 11) is -3.10. The van der Waals surface area contributed by atoms with Crippen LogP contribution in [0.1, 0.15) is 12.8 Å². The molecule has 3 atom stereocenters. The van der Waals surface area contributed by atoms with Gasteiger partial charge in [-0.2, -0.15) is 0 Å². The molecule has 0 radical (unpaired) electrons. The van der Waals surface area contributed by atoms with Gasteiger partial charge in [-0.05, 0) is 6.42 Å². The van der Waals surface area contributed by atoms with E-state index in [-0.39, 0.29) is 24.5 Å². The molecule has 2 aliphatic heterocycles. The molecule has 2 aliphatic rings. The number of hydrogen-bond donors (Lipinski definition) is 3. The number of sulfone groups is 1. The number of amides is 2. The molecule has 2 saturated heterocycles. The molecule has 2 fully saturated rings. The summed E-state index contributed by atoms with van der Waals surface area (Å²) in [5, 5.41) is 20.9. The molecular formula is C10H16N2O6S. The Kier molecular flexibility index (Phi) is 3.68. The van der Waals surface area contributed by atoms with Crippen LogP contribution in [0.15, 0.2) is 0 Å². The average molecular weight is 292 g/mol. The maximum Gasteiger partial charge on any atom is 0.326 e. The highest BCUT2D eigenvalue weighted by molar-refractivity contribution is 7.91. The summed E-state index contributed by atoms with van der Waals surface area (Å²) in [5.74, 6) is -1.26. The molecule has 0 aromatic carbocycles. The third-order valence-corrected chi connectivity index (χ3v) is 5.15. The van der Waals surface area contributed by atoms with E-state index < -0.39 is 40.0 Å². The molecule has 0 saturated carbocycles. The number of likely N-dealkylation sites (tertiary alicyclic amines) is 1. The van der Waals surface area contributed by atoms with E-state index in [1.807, 2.05) is 0 Å². The fourth-order valence-electron chi connectivity index (χ4n) is 2.44. The van der Waals surface area contributed by atoms with Gasteiger partial charge in [0.2, 0.25) is 0 Å². The quantitative estimate of drug-likeness (QED) is 0.563. The largest absolute Gasteiger partial charge is 0.480 e. The van der Waals surface area contributed by atoms with Crippen molar-refractivity contribution in [2.75, 3.05) is 18.1 Å². The van der Waals surface area contributed by atoms with Crippen molar-refractivity contribution in [3.63, 3.8) is 0 Å². The van der Waals surface area contributed by atoms with Crippen LogP contribution in [0.5, 0.6) is 0 Å². The van der Waals surface area contributed by atoms with Gasteiger partial charge in [0.25, 0.3) is 0 Å². The Morgan fingerprint density at radius 1 is 1.32 bits per heavy atom. The number of aliphatic carboxylic acids is 1. The number of aliphatic hydroxyl groups is 1. The lowest BCUT2D eigenvalue weighted by atomic mass is 10.2. The number of carboxylic acids is 1. The molecule has 0 bridgehead atoms. The minimum Gasteiger partial charge on any atom is -0.480 e. The van der Waals surface area contributed by atoms with Crippen LogP contribution in [0.25, 0.3) is 0 Å². The van der Waals surface area contributed by atoms with Crippen molar-refractivity contribution in [2.24, 2.45) is 0 Å². The molecule has 0 aliphatic carbocycles. The summed E-state index contributed by atoms with van der Waals surface area (Å²) in [6.45, 7) is -0.0533. The van der Waals surface area contributed by atoms with E-state index in [0.29, 0.717) is 6.42 Å². The van der Waals surface area contributed by atoms with E-state index in [1.165, 1.54) is 0 Å². The van der Waals surface area contributed by atoms with Crippen LogP contribution in [0, 0.1) is 0 Å². The monoisotopic (exact) mass is 292 g/mol. The highest BCUT2D eigenvalue weighted by Gasteiger charge is 2.40. The number of urea groups is 1. The Morgan fingerprint density at radius 2 is 2.00 bits per heavy atom. The zero-order chi connectivity index (χ0) is 14.2. The van der Waals surface area contributed by atoms with Crippen molar-refractivity contribution in [1.82, 2.24) is 10.2 Å². The minimum atomic E-state index is -3.10. The number of hydrogen-bond acceptors (Lipinski definition) is 5. The van der Waals surface area contributed by atoms with Gasteiger partial charge in [-0.15, -0.1) is 0 Å². The van der Waals surface area contributed by atoms with Crippen molar-refractivity contribution in [1.29, 1.82) is 0 Å². The Labute approximate surface area is 110 Å². The predicted octanol–water partition coefficient (Wildman–Crippen LogP) is -1.60. The van der Waals surface area contributed by atoms with E-state index in [4.69, 9.17) is 5.11 Å². The fourth-order valence-corrected chi connectivity index (χ4v) is 4.11. The molecule has 2 amide bonds. The van der Waals surface area contributed by atoms with Crippen LogP contribution in [0.2, 0.25) is 0 Å². The lowest BCUT2D eigenvalue weighted by molar-refractivity contribution is -0.141. The van der Waals surface area contributed by atoms with Crippen molar-refractivity contribution in [3.8, 4) is 0 Å². The number of carboxylic acid groups (broad SMARTS) is 1. The first-order valence-corrected chi connectivity index (χ1v) is 7.79. The van der Waals surface area contributed by atoms with Gasteiger partial charge in [0, 0.05) is 19.0 Å². The Hall–Kier alpha value is -1.35. The first kappa shape index (κ1) is 14.1. The summed E-state index contributed by atoms with van der Waals surface area (Å²) in [5.41, 5.74) is 0.